The Bertz CT molecular complexity index is 768. The van der Waals surface area contributed by atoms with Crippen molar-refractivity contribution in [2.45, 2.75) is 32.9 Å². The van der Waals surface area contributed by atoms with Gasteiger partial charge in [0, 0.05) is 70.4 Å². The first kappa shape index (κ1) is 25.0. The number of aliphatic imine (C=N–C) groups is 1. The minimum atomic E-state index is 0. The largest absolute Gasteiger partial charge is 0.356 e. The molecule has 1 aromatic carbocycles. The third-order valence-corrected chi connectivity index (χ3v) is 6.49. The molecule has 2 aromatic rings. The lowest BCUT2D eigenvalue weighted by atomic mass is 10.1. The first-order valence-electron chi connectivity index (χ1n) is 10.5. The van der Waals surface area contributed by atoms with E-state index in [0.29, 0.717) is 0 Å². The van der Waals surface area contributed by atoms with Gasteiger partial charge in [0.25, 0.3) is 0 Å². The van der Waals surface area contributed by atoms with Crippen LogP contribution in [0.25, 0.3) is 0 Å². The number of aromatic nitrogens is 1. The van der Waals surface area contributed by atoms with Crippen LogP contribution in [0, 0.1) is 0 Å². The van der Waals surface area contributed by atoms with E-state index in [1.54, 1.807) is 11.3 Å². The molecule has 0 bridgehead atoms. The molecule has 2 heterocycles. The van der Waals surface area contributed by atoms with Crippen LogP contribution in [0.1, 0.15) is 27.9 Å². The second-order valence-corrected chi connectivity index (χ2v) is 8.77. The Morgan fingerprint density at radius 1 is 1.10 bits per heavy atom. The van der Waals surface area contributed by atoms with Gasteiger partial charge in [0.2, 0.25) is 0 Å². The van der Waals surface area contributed by atoms with Gasteiger partial charge in [-0.15, -0.1) is 35.3 Å². The predicted molar refractivity (Wildman–Crippen MR) is 138 cm³/mol. The van der Waals surface area contributed by atoms with Gasteiger partial charge in [-0.25, -0.2) is 4.98 Å². The number of halogens is 1. The van der Waals surface area contributed by atoms with Crippen LogP contribution in [0.2, 0.25) is 0 Å². The molecule has 1 fully saturated rings. The van der Waals surface area contributed by atoms with Gasteiger partial charge in [0.1, 0.15) is 0 Å². The van der Waals surface area contributed by atoms with E-state index in [2.05, 4.69) is 68.6 Å². The number of rotatable bonds is 8. The third kappa shape index (κ3) is 8.13. The summed E-state index contributed by atoms with van der Waals surface area (Å²) in [6.45, 7) is 9.45. The summed E-state index contributed by atoms with van der Waals surface area (Å²) in [5.41, 5.74) is 2.65. The molecular weight excluding hydrogens is 507 g/mol. The van der Waals surface area contributed by atoms with Crippen LogP contribution >= 0.6 is 35.3 Å². The van der Waals surface area contributed by atoms with Gasteiger partial charge in [-0.2, -0.15) is 0 Å². The second kappa shape index (κ2) is 13.2. The molecule has 166 valence electrons. The highest BCUT2D eigenvalue weighted by molar-refractivity contribution is 14.0. The zero-order valence-electron chi connectivity index (χ0n) is 18.4. The fourth-order valence-corrected chi connectivity index (χ4v) is 4.21. The topological polar surface area (TPSA) is 55.8 Å². The number of nitrogens with zero attached hydrogens (tertiary/aromatic N) is 4. The second-order valence-electron chi connectivity index (χ2n) is 7.57. The highest BCUT2D eigenvalue weighted by atomic mass is 127. The van der Waals surface area contributed by atoms with Crippen molar-refractivity contribution in [3.8, 4) is 0 Å². The molecule has 0 unspecified atom stereocenters. The van der Waals surface area contributed by atoms with Crippen LogP contribution < -0.4 is 10.6 Å². The Morgan fingerprint density at radius 2 is 1.80 bits per heavy atom. The van der Waals surface area contributed by atoms with Crippen LogP contribution in [-0.4, -0.2) is 67.6 Å². The lowest BCUT2D eigenvalue weighted by molar-refractivity contribution is 0.148. The van der Waals surface area contributed by atoms with Gasteiger partial charge in [-0.3, -0.25) is 9.89 Å². The maximum atomic E-state index is 4.47. The lowest BCUT2D eigenvalue weighted by Gasteiger charge is -2.32. The number of benzene rings is 1. The number of hydrogen-bond acceptors (Lipinski definition) is 5. The molecule has 0 amide bonds. The maximum absolute atomic E-state index is 4.47. The minimum Gasteiger partial charge on any atom is -0.356 e. The fraction of sp³-hybridized carbons (Fsp3) is 0.545. The van der Waals surface area contributed by atoms with Crippen LogP contribution in [0.3, 0.4) is 0 Å². The molecule has 2 N–H and O–H groups in total. The van der Waals surface area contributed by atoms with Gasteiger partial charge >= 0.3 is 0 Å². The van der Waals surface area contributed by atoms with Gasteiger partial charge < -0.3 is 15.5 Å². The first-order chi connectivity index (χ1) is 14.2. The summed E-state index contributed by atoms with van der Waals surface area (Å²) >= 11 is 1.80. The molecule has 1 aromatic heterocycles. The minimum absolute atomic E-state index is 0. The van der Waals surface area contributed by atoms with Crippen molar-refractivity contribution >= 4 is 41.3 Å². The van der Waals surface area contributed by atoms with Crippen molar-refractivity contribution in [3.63, 3.8) is 0 Å². The van der Waals surface area contributed by atoms with Crippen molar-refractivity contribution < 1.29 is 0 Å². The smallest absolute Gasteiger partial charge is 0.191 e. The van der Waals surface area contributed by atoms with Crippen LogP contribution in [-0.2, 0) is 25.9 Å². The number of thiazole rings is 1. The Hall–Kier alpha value is -1.23. The molecule has 0 radical (unpaired) electrons. The number of nitrogens with one attached hydrogen (secondary N) is 2. The molecule has 6 nitrogen and oxygen atoms in total. The summed E-state index contributed by atoms with van der Waals surface area (Å²) < 4.78 is 0. The Kier molecular flexibility index (Phi) is 11.0. The van der Waals surface area contributed by atoms with Gasteiger partial charge in [0.15, 0.2) is 5.96 Å². The average Bonchev–Trinajstić information content (AvgIpc) is 3.21. The monoisotopic (exact) mass is 542 g/mol. The van der Waals surface area contributed by atoms with Gasteiger partial charge in [-0.05, 0) is 24.6 Å². The molecule has 30 heavy (non-hydrogen) atoms. The van der Waals surface area contributed by atoms with Crippen molar-refractivity contribution in [2.24, 2.45) is 4.99 Å². The molecule has 1 aliphatic rings. The Labute approximate surface area is 202 Å². The summed E-state index contributed by atoms with van der Waals surface area (Å²) in [5.74, 6) is 0.832. The number of aryl methyl sites for hydroxylation is 1. The average molecular weight is 543 g/mol. The predicted octanol–water partition coefficient (Wildman–Crippen LogP) is 2.98. The van der Waals surface area contributed by atoms with E-state index < -0.39 is 0 Å². The molecule has 0 aliphatic carbocycles. The van der Waals surface area contributed by atoms with Crippen LogP contribution in [0.15, 0.2) is 35.5 Å². The zero-order chi connectivity index (χ0) is 20.5. The maximum Gasteiger partial charge on any atom is 0.191 e. The van der Waals surface area contributed by atoms with E-state index in [-0.39, 0.29) is 24.0 Å². The molecule has 8 heteroatoms. The molecule has 0 spiro atoms. The number of hydrogen-bond donors (Lipinski definition) is 2. The molecule has 0 saturated carbocycles. The molecule has 1 saturated heterocycles. The number of piperazine rings is 1. The SMILES string of the molecule is CCc1cnc(CCNC(=NC)NCc2ccc(CN3CCN(C)CC3)cc2)s1.I. The highest BCUT2D eigenvalue weighted by Gasteiger charge is 2.13. The molecule has 3 rings (SSSR count). The standard InChI is InChI=1S/C22H34N6S.HI/c1-4-20-16-25-21(29-20)9-10-24-22(23-2)26-15-18-5-7-19(8-6-18)17-28-13-11-27(3)12-14-28;/h5-8,16H,4,9-15,17H2,1-3H3,(H2,23,24,26);1H. The van der Waals surface area contributed by atoms with E-state index in [0.717, 1.165) is 64.6 Å². The van der Waals surface area contributed by atoms with Crippen molar-refractivity contribution in [3.05, 3.63) is 51.5 Å². The van der Waals surface area contributed by atoms with Crippen molar-refractivity contribution in [1.29, 1.82) is 0 Å². The number of guanidine groups is 1. The molecule has 0 atom stereocenters. The van der Waals surface area contributed by atoms with Crippen molar-refractivity contribution in [2.75, 3.05) is 46.8 Å². The van der Waals surface area contributed by atoms with Crippen LogP contribution in [0.5, 0.6) is 0 Å². The normalized spacial score (nSPS) is 15.6. The van der Waals surface area contributed by atoms with E-state index >= 15 is 0 Å². The third-order valence-electron chi connectivity index (χ3n) is 5.29. The summed E-state index contributed by atoms with van der Waals surface area (Å²) in [5, 5.41) is 7.96. The summed E-state index contributed by atoms with van der Waals surface area (Å²) in [4.78, 5) is 15.1. The van der Waals surface area contributed by atoms with E-state index in [1.807, 2.05) is 13.2 Å². The first-order valence-corrected chi connectivity index (χ1v) is 11.3. The zero-order valence-corrected chi connectivity index (χ0v) is 21.5. The highest BCUT2D eigenvalue weighted by Crippen LogP contribution is 2.13. The quantitative estimate of drug-likeness (QED) is 0.305. The van der Waals surface area contributed by atoms with Crippen molar-refractivity contribution in [1.82, 2.24) is 25.4 Å². The lowest BCUT2D eigenvalue weighted by Crippen LogP contribution is -2.43. The summed E-state index contributed by atoms with van der Waals surface area (Å²) in [6, 6.07) is 8.93. The van der Waals surface area contributed by atoms with Crippen LogP contribution in [0.4, 0.5) is 0 Å². The summed E-state index contributed by atoms with van der Waals surface area (Å²) in [6.07, 6.45) is 3.97. The van der Waals surface area contributed by atoms with Gasteiger partial charge in [0.05, 0.1) is 5.01 Å². The Morgan fingerprint density at radius 3 is 2.43 bits per heavy atom. The van der Waals surface area contributed by atoms with E-state index in [1.165, 1.54) is 21.0 Å². The number of likely N-dealkylation sites (N-methyl/N-ethyl adjacent to an activating group) is 1. The molecular formula is C22H35IN6S. The van der Waals surface area contributed by atoms with E-state index in [9.17, 15) is 0 Å². The van der Waals surface area contributed by atoms with Gasteiger partial charge in [-0.1, -0.05) is 31.2 Å². The molecule has 1 aliphatic heterocycles. The Balaban J connectivity index is 0.00000320. The fourth-order valence-electron chi connectivity index (χ4n) is 3.35. The van der Waals surface area contributed by atoms with E-state index in [4.69, 9.17) is 0 Å². The summed E-state index contributed by atoms with van der Waals surface area (Å²) in [7, 11) is 4.01.